The highest BCUT2D eigenvalue weighted by Gasteiger charge is 2.59. The van der Waals surface area contributed by atoms with E-state index < -0.39 is 0 Å². The molecule has 144 valence electrons. The van der Waals surface area contributed by atoms with Gasteiger partial charge in [-0.15, -0.1) is 0 Å². The molecule has 26 heavy (non-hydrogen) atoms. The Bertz CT molecular complexity index is 660. The van der Waals surface area contributed by atoms with Crippen molar-refractivity contribution in [2.45, 2.75) is 46.3 Å². The van der Waals surface area contributed by atoms with Crippen LogP contribution in [0.4, 0.5) is 5.69 Å². The highest BCUT2D eigenvalue weighted by molar-refractivity contribution is 5.94. The third-order valence-corrected chi connectivity index (χ3v) is 5.44. The standard InChI is InChI=1S/C20H31N3O3/c1-6-21-19(23-17-14-10-11-26-18(14)20(17,3)4)22-13-8-9-15(25-7-2)16(12-13)24-5/h8-9,12,14,17-18H,6-7,10-11H2,1-5H3,(H2,21,22,23). The zero-order valence-corrected chi connectivity index (χ0v) is 16.5. The van der Waals surface area contributed by atoms with Crippen LogP contribution in [0.1, 0.15) is 34.1 Å². The first-order chi connectivity index (χ1) is 12.5. The molecule has 3 unspecified atom stereocenters. The van der Waals surface area contributed by atoms with E-state index in [1.54, 1.807) is 7.11 Å². The lowest BCUT2D eigenvalue weighted by molar-refractivity contribution is -0.106. The Balaban J connectivity index is 1.72. The fourth-order valence-electron chi connectivity index (χ4n) is 4.20. The number of benzene rings is 1. The fraction of sp³-hybridized carbons (Fsp3) is 0.650. The van der Waals surface area contributed by atoms with E-state index in [2.05, 4.69) is 29.5 Å². The van der Waals surface area contributed by atoms with Gasteiger partial charge in [0.25, 0.3) is 0 Å². The van der Waals surface area contributed by atoms with Crippen LogP contribution in [-0.4, -0.2) is 45.0 Å². The molecule has 0 bridgehead atoms. The van der Waals surface area contributed by atoms with E-state index >= 15 is 0 Å². The van der Waals surface area contributed by atoms with Crippen molar-refractivity contribution >= 4 is 11.6 Å². The summed E-state index contributed by atoms with van der Waals surface area (Å²) in [5.41, 5.74) is 1.02. The van der Waals surface area contributed by atoms with Gasteiger partial charge in [0.2, 0.25) is 0 Å². The molecule has 2 fully saturated rings. The molecule has 0 amide bonds. The SMILES string of the molecule is CCN=C(Nc1ccc(OCC)c(OC)c1)NC1C2CCOC2C1(C)C. The fourth-order valence-corrected chi connectivity index (χ4v) is 4.20. The molecule has 1 saturated carbocycles. The number of nitrogens with one attached hydrogen (secondary N) is 2. The summed E-state index contributed by atoms with van der Waals surface area (Å²) in [6.45, 7) is 10.7. The smallest absolute Gasteiger partial charge is 0.196 e. The molecule has 1 aliphatic heterocycles. The summed E-state index contributed by atoms with van der Waals surface area (Å²) in [6, 6.07) is 6.19. The Morgan fingerprint density at radius 3 is 2.81 bits per heavy atom. The average molecular weight is 361 g/mol. The molecule has 1 heterocycles. The van der Waals surface area contributed by atoms with Crippen molar-refractivity contribution in [2.24, 2.45) is 16.3 Å². The van der Waals surface area contributed by atoms with Crippen molar-refractivity contribution < 1.29 is 14.2 Å². The van der Waals surface area contributed by atoms with Crippen molar-refractivity contribution in [3.8, 4) is 11.5 Å². The van der Waals surface area contributed by atoms with E-state index in [0.29, 0.717) is 37.0 Å². The first kappa shape index (κ1) is 18.8. The summed E-state index contributed by atoms with van der Waals surface area (Å²) >= 11 is 0. The van der Waals surface area contributed by atoms with Gasteiger partial charge in [-0.05, 0) is 32.4 Å². The predicted octanol–water partition coefficient (Wildman–Crippen LogP) is 3.28. The molecule has 6 nitrogen and oxygen atoms in total. The number of nitrogens with zero attached hydrogens (tertiary/aromatic N) is 1. The van der Waals surface area contributed by atoms with E-state index in [1.165, 1.54) is 0 Å². The molecular formula is C20H31N3O3. The summed E-state index contributed by atoms with van der Waals surface area (Å²) in [6.07, 6.45) is 1.47. The van der Waals surface area contributed by atoms with Gasteiger partial charge in [-0.25, -0.2) is 0 Å². The topological polar surface area (TPSA) is 64.1 Å². The number of rotatable bonds is 6. The molecule has 3 rings (SSSR count). The van der Waals surface area contributed by atoms with Crippen LogP contribution < -0.4 is 20.1 Å². The van der Waals surface area contributed by atoms with Crippen molar-refractivity contribution in [2.75, 3.05) is 32.2 Å². The maximum Gasteiger partial charge on any atom is 0.196 e. The molecule has 1 aliphatic carbocycles. The van der Waals surface area contributed by atoms with E-state index in [-0.39, 0.29) is 5.41 Å². The molecule has 1 aromatic rings. The van der Waals surface area contributed by atoms with Crippen LogP contribution in [-0.2, 0) is 4.74 Å². The number of guanidine groups is 1. The van der Waals surface area contributed by atoms with Crippen LogP contribution in [0.25, 0.3) is 0 Å². The van der Waals surface area contributed by atoms with Gasteiger partial charge in [-0.1, -0.05) is 13.8 Å². The number of hydrogen-bond acceptors (Lipinski definition) is 4. The molecular weight excluding hydrogens is 330 g/mol. The summed E-state index contributed by atoms with van der Waals surface area (Å²) < 4.78 is 16.9. The van der Waals surface area contributed by atoms with E-state index in [1.807, 2.05) is 32.0 Å². The predicted molar refractivity (Wildman–Crippen MR) is 104 cm³/mol. The normalized spacial score (nSPS) is 26.7. The van der Waals surface area contributed by atoms with Crippen LogP contribution in [0.5, 0.6) is 11.5 Å². The molecule has 1 saturated heterocycles. The lowest BCUT2D eigenvalue weighted by Gasteiger charge is -2.54. The lowest BCUT2D eigenvalue weighted by atomic mass is 9.57. The van der Waals surface area contributed by atoms with E-state index in [4.69, 9.17) is 14.2 Å². The Morgan fingerprint density at radius 1 is 1.31 bits per heavy atom. The Hall–Kier alpha value is -1.95. The summed E-state index contributed by atoms with van der Waals surface area (Å²) in [5.74, 6) is 2.81. The highest BCUT2D eigenvalue weighted by Crippen LogP contribution is 2.52. The number of ether oxygens (including phenoxy) is 3. The van der Waals surface area contributed by atoms with Gasteiger partial charge in [0.05, 0.1) is 19.8 Å². The first-order valence-corrected chi connectivity index (χ1v) is 9.51. The van der Waals surface area contributed by atoms with Gasteiger partial charge in [-0.3, -0.25) is 4.99 Å². The average Bonchev–Trinajstić information content (AvgIpc) is 3.08. The molecule has 6 heteroatoms. The number of aliphatic imine (C=N–C) groups is 1. The second kappa shape index (κ2) is 7.74. The van der Waals surface area contributed by atoms with Crippen molar-refractivity contribution in [1.29, 1.82) is 0 Å². The van der Waals surface area contributed by atoms with Crippen molar-refractivity contribution in [3.05, 3.63) is 18.2 Å². The monoisotopic (exact) mass is 361 g/mol. The number of anilines is 1. The number of hydrogen-bond donors (Lipinski definition) is 2. The van der Waals surface area contributed by atoms with E-state index in [0.717, 1.165) is 30.4 Å². The van der Waals surface area contributed by atoms with Crippen LogP contribution in [0.2, 0.25) is 0 Å². The highest BCUT2D eigenvalue weighted by atomic mass is 16.5. The molecule has 2 aliphatic rings. The summed E-state index contributed by atoms with van der Waals surface area (Å²) in [4.78, 5) is 4.62. The Morgan fingerprint density at radius 2 is 2.12 bits per heavy atom. The quantitative estimate of drug-likeness (QED) is 0.601. The third-order valence-electron chi connectivity index (χ3n) is 5.44. The Kier molecular flexibility index (Phi) is 5.61. The molecule has 3 atom stereocenters. The van der Waals surface area contributed by atoms with Crippen LogP contribution in [0.3, 0.4) is 0 Å². The first-order valence-electron chi connectivity index (χ1n) is 9.51. The third kappa shape index (κ3) is 3.47. The molecule has 1 aromatic carbocycles. The van der Waals surface area contributed by atoms with Crippen LogP contribution >= 0.6 is 0 Å². The van der Waals surface area contributed by atoms with Gasteiger partial charge in [0, 0.05) is 42.3 Å². The lowest BCUT2D eigenvalue weighted by Crippen LogP contribution is -2.67. The van der Waals surface area contributed by atoms with E-state index in [9.17, 15) is 0 Å². The van der Waals surface area contributed by atoms with Gasteiger partial charge in [0.15, 0.2) is 17.5 Å². The second-order valence-electron chi connectivity index (χ2n) is 7.43. The number of fused-ring (bicyclic) bond motifs is 1. The second-order valence-corrected chi connectivity index (χ2v) is 7.43. The van der Waals surface area contributed by atoms with Gasteiger partial charge < -0.3 is 24.8 Å². The summed E-state index contributed by atoms with van der Waals surface area (Å²) in [7, 11) is 1.65. The number of methoxy groups -OCH3 is 1. The van der Waals surface area contributed by atoms with Gasteiger partial charge in [-0.2, -0.15) is 0 Å². The molecule has 0 aromatic heterocycles. The minimum Gasteiger partial charge on any atom is -0.493 e. The largest absolute Gasteiger partial charge is 0.493 e. The zero-order valence-electron chi connectivity index (χ0n) is 16.5. The molecule has 0 radical (unpaired) electrons. The maximum atomic E-state index is 5.89. The van der Waals surface area contributed by atoms with Crippen molar-refractivity contribution in [1.82, 2.24) is 5.32 Å². The van der Waals surface area contributed by atoms with Crippen LogP contribution in [0, 0.1) is 11.3 Å². The van der Waals surface area contributed by atoms with Gasteiger partial charge in [0.1, 0.15) is 0 Å². The summed E-state index contributed by atoms with van der Waals surface area (Å²) in [5, 5.41) is 7.03. The molecule has 0 spiro atoms. The maximum absolute atomic E-state index is 5.89. The Labute approximate surface area is 156 Å². The van der Waals surface area contributed by atoms with Gasteiger partial charge >= 0.3 is 0 Å². The zero-order chi connectivity index (χ0) is 18.7. The van der Waals surface area contributed by atoms with Crippen molar-refractivity contribution in [3.63, 3.8) is 0 Å². The molecule has 2 N–H and O–H groups in total. The minimum absolute atomic E-state index is 0.105. The minimum atomic E-state index is 0.105. The van der Waals surface area contributed by atoms with Crippen LogP contribution in [0.15, 0.2) is 23.2 Å².